The van der Waals surface area contributed by atoms with Gasteiger partial charge in [0.2, 0.25) is 0 Å². The molecular weight excluding hydrogens is 298 g/mol. The molecule has 2 heterocycles. The molecule has 3 rings (SSSR count). The maximum atomic E-state index is 4.90. The minimum Gasteiger partial charge on any atom is -0.314 e. The predicted octanol–water partition coefficient (Wildman–Crippen LogP) is 3.10. The van der Waals surface area contributed by atoms with Gasteiger partial charge >= 0.3 is 0 Å². The summed E-state index contributed by atoms with van der Waals surface area (Å²) >= 11 is 4.06. The Labute approximate surface area is 136 Å². The average molecular weight is 324 g/mol. The molecule has 2 atom stereocenters. The van der Waals surface area contributed by atoms with Crippen molar-refractivity contribution in [1.29, 1.82) is 0 Å². The zero-order chi connectivity index (χ0) is 14.7. The van der Waals surface area contributed by atoms with Crippen molar-refractivity contribution in [3.05, 3.63) is 23.3 Å². The van der Waals surface area contributed by atoms with E-state index < -0.39 is 0 Å². The lowest BCUT2D eigenvalue weighted by molar-refractivity contribution is 0.402. The number of aromatic nitrogens is 2. The maximum absolute atomic E-state index is 4.90. The predicted molar refractivity (Wildman–Crippen MR) is 93.2 cm³/mol. The van der Waals surface area contributed by atoms with Gasteiger partial charge in [0, 0.05) is 35.2 Å². The van der Waals surface area contributed by atoms with Crippen LogP contribution in [-0.4, -0.2) is 39.8 Å². The number of nitrogens with zero attached hydrogens (tertiary/aromatic N) is 2. The largest absolute Gasteiger partial charge is 0.314 e. The Morgan fingerprint density at radius 1 is 1.38 bits per heavy atom. The summed E-state index contributed by atoms with van der Waals surface area (Å²) in [6, 6.07) is 0.575. The molecule has 0 saturated carbocycles. The fraction of sp³-hybridized carbons (Fsp3) is 0.750. The van der Waals surface area contributed by atoms with E-state index in [0.29, 0.717) is 11.3 Å². The summed E-state index contributed by atoms with van der Waals surface area (Å²) in [5.74, 6) is 5.50. The van der Waals surface area contributed by atoms with Crippen LogP contribution < -0.4 is 5.32 Å². The Hall–Kier alpha value is -0.260. The fourth-order valence-electron chi connectivity index (χ4n) is 2.97. The van der Waals surface area contributed by atoms with Crippen LogP contribution in [0.15, 0.2) is 6.20 Å². The zero-order valence-electron chi connectivity index (χ0n) is 13.0. The van der Waals surface area contributed by atoms with E-state index in [0.717, 1.165) is 31.1 Å². The van der Waals surface area contributed by atoms with Crippen molar-refractivity contribution in [1.82, 2.24) is 15.3 Å². The van der Waals surface area contributed by atoms with Gasteiger partial charge in [-0.25, -0.2) is 9.97 Å². The van der Waals surface area contributed by atoms with Crippen LogP contribution in [0.4, 0.5) is 0 Å². The summed E-state index contributed by atoms with van der Waals surface area (Å²) in [5, 5.41) is 4.07. The van der Waals surface area contributed by atoms with Gasteiger partial charge in [-0.15, -0.1) is 11.8 Å². The first kappa shape index (κ1) is 15.6. The molecule has 0 spiro atoms. The minimum atomic E-state index is 0.509. The molecule has 0 bridgehead atoms. The third-order valence-electron chi connectivity index (χ3n) is 4.19. The van der Waals surface area contributed by atoms with Gasteiger partial charge in [-0.2, -0.15) is 11.8 Å². The molecule has 3 nitrogen and oxygen atoms in total. The van der Waals surface area contributed by atoms with Gasteiger partial charge in [-0.1, -0.05) is 13.8 Å². The molecule has 1 aromatic heterocycles. The Bertz CT molecular complexity index is 473. The summed E-state index contributed by atoms with van der Waals surface area (Å²) in [5.41, 5.74) is 2.70. The van der Waals surface area contributed by atoms with Crippen molar-refractivity contribution in [3.8, 4) is 0 Å². The molecule has 1 saturated heterocycles. The van der Waals surface area contributed by atoms with E-state index in [-0.39, 0.29) is 0 Å². The number of rotatable bonds is 4. The summed E-state index contributed by atoms with van der Waals surface area (Å²) in [4.78, 5) is 9.58. The highest BCUT2D eigenvalue weighted by Gasteiger charge is 2.24. The zero-order valence-corrected chi connectivity index (χ0v) is 14.6. The number of hydrogen-bond donors (Lipinski definition) is 1. The van der Waals surface area contributed by atoms with Gasteiger partial charge in [0.15, 0.2) is 0 Å². The molecule has 21 heavy (non-hydrogen) atoms. The molecule has 2 unspecified atom stereocenters. The molecular formula is C16H25N3S2. The van der Waals surface area contributed by atoms with Gasteiger partial charge in [-0.3, -0.25) is 0 Å². The van der Waals surface area contributed by atoms with Crippen LogP contribution in [0.2, 0.25) is 0 Å². The Kier molecular flexibility index (Phi) is 5.46. The SMILES string of the molecule is CC(C)NCC1CCc2nc(C3CSCCS3)ncc2C1. The summed E-state index contributed by atoms with van der Waals surface area (Å²) < 4.78 is 0. The van der Waals surface area contributed by atoms with Crippen molar-refractivity contribution in [2.24, 2.45) is 5.92 Å². The minimum absolute atomic E-state index is 0.509. The van der Waals surface area contributed by atoms with E-state index in [9.17, 15) is 0 Å². The smallest absolute Gasteiger partial charge is 0.142 e. The molecule has 0 amide bonds. The number of fused-ring (bicyclic) bond motifs is 1. The van der Waals surface area contributed by atoms with Crippen molar-refractivity contribution >= 4 is 23.5 Å². The Morgan fingerprint density at radius 3 is 3.05 bits per heavy atom. The lowest BCUT2D eigenvalue weighted by Crippen LogP contribution is -2.32. The second kappa shape index (κ2) is 7.34. The van der Waals surface area contributed by atoms with Crippen LogP contribution >= 0.6 is 23.5 Å². The third-order valence-corrected chi connectivity index (χ3v) is 6.94. The standard InChI is InChI=1S/C16H25N3S2/c1-11(2)17-8-12-3-4-14-13(7-12)9-18-16(19-14)15-10-20-5-6-21-15/h9,11-12,15,17H,3-8,10H2,1-2H3. The van der Waals surface area contributed by atoms with E-state index in [2.05, 4.69) is 30.3 Å². The molecule has 1 aromatic rings. The van der Waals surface area contributed by atoms with Gasteiger partial charge < -0.3 is 5.32 Å². The molecule has 5 heteroatoms. The third kappa shape index (κ3) is 4.14. The Balaban J connectivity index is 1.64. The van der Waals surface area contributed by atoms with Gasteiger partial charge in [-0.05, 0) is 37.3 Å². The molecule has 1 N–H and O–H groups in total. The van der Waals surface area contributed by atoms with Crippen LogP contribution in [0.25, 0.3) is 0 Å². The molecule has 1 aliphatic heterocycles. The Morgan fingerprint density at radius 2 is 2.29 bits per heavy atom. The number of aryl methyl sites for hydroxylation is 1. The normalized spacial score (nSPS) is 25.9. The van der Waals surface area contributed by atoms with E-state index in [1.807, 2.05) is 23.5 Å². The van der Waals surface area contributed by atoms with Crippen molar-refractivity contribution < 1.29 is 0 Å². The molecule has 2 aliphatic rings. The van der Waals surface area contributed by atoms with Gasteiger partial charge in [0.05, 0.1) is 5.25 Å². The molecule has 116 valence electrons. The second-order valence-electron chi connectivity index (χ2n) is 6.31. The average Bonchev–Trinajstić information content (AvgIpc) is 2.53. The van der Waals surface area contributed by atoms with Crippen LogP contribution in [0.5, 0.6) is 0 Å². The van der Waals surface area contributed by atoms with Crippen molar-refractivity contribution in [2.75, 3.05) is 23.8 Å². The number of nitrogens with one attached hydrogen (secondary N) is 1. The van der Waals surface area contributed by atoms with Crippen LogP contribution in [0.1, 0.15) is 42.6 Å². The summed E-state index contributed by atoms with van der Waals surface area (Å²) in [6.07, 6.45) is 5.64. The first-order chi connectivity index (χ1) is 10.2. The monoisotopic (exact) mass is 323 g/mol. The molecule has 0 radical (unpaired) electrons. The number of hydrogen-bond acceptors (Lipinski definition) is 5. The van der Waals surface area contributed by atoms with Crippen LogP contribution in [-0.2, 0) is 12.8 Å². The summed E-state index contributed by atoms with van der Waals surface area (Å²) in [7, 11) is 0. The van der Waals surface area contributed by atoms with Gasteiger partial charge in [0.25, 0.3) is 0 Å². The first-order valence-electron chi connectivity index (χ1n) is 8.00. The fourth-order valence-corrected chi connectivity index (χ4v) is 5.57. The molecule has 1 fully saturated rings. The highest BCUT2D eigenvalue weighted by atomic mass is 32.2. The topological polar surface area (TPSA) is 37.8 Å². The molecule has 1 aliphatic carbocycles. The van der Waals surface area contributed by atoms with Crippen LogP contribution in [0.3, 0.4) is 0 Å². The van der Waals surface area contributed by atoms with Crippen LogP contribution in [0, 0.1) is 5.92 Å². The van der Waals surface area contributed by atoms with E-state index in [1.54, 1.807) is 0 Å². The summed E-state index contributed by atoms with van der Waals surface area (Å²) in [6.45, 7) is 5.55. The van der Waals surface area contributed by atoms with E-state index >= 15 is 0 Å². The molecule has 0 aromatic carbocycles. The maximum Gasteiger partial charge on any atom is 0.142 e. The van der Waals surface area contributed by atoms with Gasteiger partial charge in [0.1, 0.15) is 5.82 Å². The quantitative estimate of drug-likeness (QED) is 0.921. The van der Waals surface area contributed by atoms with E-state index in [4.69, 9.17) is 4.98 Å². The lowest BCUT2D eigenvalue weighted by Gasteiger charge is -2.26. The second-order valence-corrected chi connectivity index (χ2v) is 8.77. The lowest BCUT2D eigenvalue weighted by atomic mass is 9.87. The van der Waals surface area contributed by atoms with E-state index in [1.165, 1.54) is 34.9 Å². The van der Waals surface area contributed by atoms with Crippen molar-refractivity contribution in [2.45, 2.75) is 44.4 Å². The highest BCUT2D eigenvalue weighted by Crippen LogP contribution is 2.35. The van der Waals surface area contributed by atoms with Crippen molar-refractivity contribution in [3.63, 3.8) is 0 Å². The number of thioether (sulfide) groups is 2. The highest BCUT2D eigenvalue weighted by molar-refractivity contribution is 8.06. The first-order valence-corrected chi connectivity index (χ1v) is 10.2.